The van der Waals surface area contributed by atoms with Gasteiger partial charge < -0.3 is 4.52 Å². The monoisotopic (exact) mass is 249 g/mol. The Labute approximate surface area is 89.7 Å². The normalized spacial score (nSPS) is 11.5. The number of nitrogens with one attached hydrogen (secondary N) is 1. The minimum Gasteiger partial charge on any atom is -0.342 e. The fraction of sp³-hybridized carbons (Fsp3) is 0.167. The van der Waals surface area contributed by atoms with Crippen LogP contribution in [0.4, 0.5) is 19.0 Å². The molecule has 0 aliphatic rings. The van der Waals surface area contributed by atoms with Crippen LogP contribution in [0.3, 0.4) is 0 Å². The third-order valence-corrected chi connectivity index (χ3v) is 1.55. The molecule has 0 aliphatic heterocycles. The quantitative estimate of drug-likeness (QED) is 0.831. The molecule has 2 heterocycles. The minimum atomic E-state index is -5.05. The molecule has 0 aromatic carbocycles. The summed E-state index contributed by atoms with van der Waals surface area (Å²) in [5.74, 6) is -2.92. The van der Waals surface area contributed by atoms with Gasteiger partial charge in [-0.3, -0.25) is 10.1 Å². The first-order valence-electron chi connectivity index (χ1n) is 3.96. The van der Waals surface area contributed by atoms with Gasteiger partial charge in [0.1, 0.15) is 0 Å². The Hall–Kier alpha value is -2.46. The van der Waals surface area contributed by atoms with Crippen LogP contribution in [0, 0.1) is 0 Å². The molecular formula is C6H2F3N5O3. The summed E-state index contributed by atoms with van der Waals surface area (Å²) < 4.78 is 44.5. The van der Waals surface area contributed by atoms with Gasteiger partial charge in [-0.15, -0.1) is 0 Å². The lowest BCUT2D eigenvalue weighted by Crippen LogP contribution is -2.30. The van der Waals surface area contributed by atoms with Crippen molar-refractivity contribution in [1.82, 2.24) is 20.5 Å². The Bertz CT molecular complexity index is 519. The first kappa shape index (κ1) is 11.0. The topological polar surface area (TPSA) is 107 Å². The lowest BCUT2D eigenvalue weighted by molar-refractivity contribution is -0.167. The van der Waals surface area contributed by atoms with Crippen LogP contribution in [0.2, 0.25) is 0 Å². The van der Waals surface area contributed by atoms with Crippen LogP contribution in [0.25, 0.3) is 11.5 Å². The SMILES string of the molecule is O=C(Nc1nonc1-c1ncon1)C(F)(F)F. The number of anilines is 1. The lowest BCUT2D eigenvalue weighted by atomic mass is 10.4. The summed E-state index contributed by atoms with van der Waals surface area (Å²) in [7, 11) is 0. The number of hydrogen-bond donors (Lipinski definition) is 1. The Morgan fingerprint density at radius 3 is 2.65 bits per heavy atom. The largest absolute Gasteiger partial charge is 0.471 e. The standard InChI is InChI=1S/C6H2F3N5O3/c7-6(8,9)5(15)11-4-2(12-17-14-4)3-10-1-16-13-3/h1H,(H,11,14,15). The number of alkyl halides is 3. The zero-order valence-corrected chi connectivity index (χ0v) is 7.72. The minimum absolute atomic E-state index is 0.163. The van der Waals surface area contributed by atoms with Crippen molar-refractivity contribution in [3.63, 3.8) is 0 Å². The predicted octanol–water partition coefficient (Wildman–Crippen LogP) is 0.620. The van der Waals surface area contributed by atoms with E-state index in [0.717, 1.165) is 6.39 Å². The average Bonchev–Trinajstić information content (AvgIpc) is 2.83. The molecular weight excluding hydrogens is 247 g/mol. The molecule has 0 saturated carbocycles. The highest BCUT2D eigenvalue weighted by atomic mass is 19.4. The average molecular weight is 249 g/mol. The van der Waals surface area contributed by atoms with Crippen molar-refractivity contribution in [2.75, 3.05) is 5.32 Å². The number of halogens is 3. The highest BCUT2D eigenvalue weighted by molar-refractivity contribution is 5.96. The van der Waals surface area contributed by atoms with Crippen molar-refractivity contribution in [2.24, 2.45) is 0 Å². The molecule has 0 atom stereocenters. The number of carbonyl (C=O) groups excluding carboxylic acids is 1. The Morgan fingerprint density at radius 2 is 2.06 bits per heavy atom. The van der Waals surface area contributed by atoms with E-state index < -0.39 is 17.9 Å². The van der Waals surface area contributed by atoms with E-state index in [4.69, 9.17) is 0 Å². The van der Waals surface area contributed by atoms with Gasteiger partial charge in [0.2, 0.25) is 18.0 Å². The summed E-state index contributed by atoms with van der Waals surface area (Å²) in [6.07, 6.45) is -4.12. The highest BCUT2D eigenvalue weighted by Gasteiger charge is 2.40. The Balaban J connectivity index is 2.24. The van der Waals surface area contributed by atoms with E-state index >= 15 is 0 Å². The number of amides is 1. The van der Waals surface area contributed by atoms with Gasteiger partial charge in [-0.05, 0) is 10.3 Å². The molecule has 90 valence electrons. The smallest absolute Gasteiger partial charge is 0.342 e. The molecule has 1 amide bonds. The molecule has 0 fully saturated rings. The summed E-state index contributed by atoms with van der Waals surface area (Å²) in [6.45, 7) is 0. The molecule has 0 bridgehead atoms. The van der Waals surface area contributed by atoms with Crippen molar-refractivity contribution in [3.8, 4) is 11.5 Å². The summed E-state index contributed by atoms with van der Waals surface area (Å²) >= 11 is 0. The van der Waals surface area contributed by atoms with Gasteiger partial charge in [0, 0.05) is 0 Å². The molecule has 0 spiro atoms. The van der Waals surface area contributed by atoms with Crippen molar-refractivity contribution in [2.45, 2.75) is 6.18 Å². The maximum absolute atomic E-state index is 12.0. The first-order chi connectivity index (χ1) is 7.98. The molecule has 8 nitrogen and oxygen atoms in total. The van der Waals surface area contributed by atoms with Gasteiger partial charge in [-0.25, -0.2) is 4.63 Å². The number of rotatable bonds is 2. The highest BCUT2D eigenvalue weighted by Crippen LogP contribution is 2.23. The maximum Gasteiger partial charge on any atom is 0.471 e. The number of hydrogen-bond acceptors (Lipinski definition) is 7. The summed E-state index contributed by atoms with van der Waals surface area (Å²) in [6, 6.07) is 0. The summed E-state index contributed by atoms with van der Waals surface area (Å²) in [5.41, 5.74) is -0.267. The van der Waals surface area contributed by atoms with Gasteiger partial charge in [-0.2, -0.15) is 18.2 Å². The van der Waals surface area contributed by atoms with E-state index in [1.807, 2.05) is 0 Å². The molecule has 0 unspecified atom stereocenters. The number of aromatic nitrogens is 4. The molecule has 0 saturated heterocycles. The van der Waals surface area contributed by atoms with E-state index in [9.17, 15) is 18.0 Å². The van der Waals surface area contributed by atoms with Crippen LogP contribution in [0.5, 0.6) is 0 Å². The van der Waals surface area contributed by atoms with E-state index in [2.05, 4.69) is 29.6 Å². The van der Waals surface area contributed by atoms with E-state index in [1.165, 1.54) is 5.32 Å². The number of nitrogens with zero attached hydrogens (tertiary/aromatic N) is 4. The van der Waals surface area contributed by atoms with Crippen LogP contribution >= 0.6 is 0 Å². The summed E-state index contributed by atoms with van der Waals surface area (Å²) in [4.78, 5) is 14.2. The van der Waals surface area contributed by atoms with Crippen LogP contribution in [-0.2, 0) is 4.79 Å². The molecule has 11 heteroatoms. The maximum atomic E-state index is 12.0. The lowest BCUT2D eigenvalue weighted by Gasteiger charge is -2.04. The fourth-order valence-electron chi connectivity index (χ4n) is 0.871. The van der Waals surface area contributed by atoms with Crippen molar-refractivity contribution in [1.29, 1.82) is 0 Å². The Kier molecular flexibility index (Phi) is 2.49. The predicted molar refractivity (Wildman–Crippen MR) is 42.3 cm³/mol. The fourth-order valence-corrected chi connectivity index (χ4v) is 0.871. The second-order valence-electron chi connectivity index (χ2n) is 2.67. The molecule has 0 aliphatic carbocycles. The van der Waals surface area contributed by atoms with Crippen molar-refractivity contribution >= 4 is 11.7 Å². The second-order valence-corrected chi connectivity index (χ2v) is 2.67. The molecule has 2 rings (SSSR count). The van der Waals surface area contributed by atoms with Crippen LogP contribution in [-0.4, -0.2) is 32.5 Å². The van der Waals surface area contributed by atoms with Crippen molar-refractivity contribution < 1.29 is 27.1 Å². The van der Waals surface area contributed by atoms with Gasteiger partial charge >= 0.3 is 12.1 Å². The molecule has 2 aromatic rings. The van der Waals surface area contributed by atoms with Crippen LogP contribution in [0.15, 0.2) is 15.5 Å². The van der Waals surface area contributed by atoms with Crippen molar-refractivity contribution in [3.05, 3.63) is 6.39 Å². The zero-order valence-electron chi connectivity index (χ0n) is 7.72. The van der Waals surface area contributed by atoms with Gasteiger partial charge in [-0.1, -0.05) is 5.16 Å². The van der Waals surface area contributed by atoms with Gasteiger partial charge in [0.05, 0.1) is 0 Å². The molecule has 17 heavy (non-hydrogen) atoms. The Morgan fingerprint density at radius 1 is 1.29 bits per heavy atom. The summed E-state index contributed by atoms with van der Waals surface area (Å²) in [5, 5.41) is 11.1. The molecule has 0 radical (unpaired) electrons. The van der Waals surface area contributed by atoms with Gasteiger partial charge in [0.25, 0.3) is 0 Å². The van der Waals surface area contributed by atoms with E-state index in [-0.39, 0.29) is 11.5 Å². The second kappa shape index (κ2) is 3.84. The molecule has 1 N–H and O–H groups in total. The van der Waals surface area contributed by atoms with E-state index in [0.29, 0.717) is 0 Å². The number of carbonyl (C=O) groups is 1. The third kappa shape index (κ3) is 2.21. The van der Waals surface area contributed by atoms with Gasteiger partial charge in [0.15, 0.2) is 5.69 Å². The van der Waals surface area contributed by atoms with Crippen LogP contribution < -0.4 is 5.32 Å². The van der Waals surface area contributed by atoms with Crippen LogP contribution in [0.1, 0.15) is 0 Å². The zero-order chi connectivity index (χ0) is 12.5. The third-order valence-electron chi connectivity index (χ3n) is 1.55. The van der Waals surface area contributed by atoms with E-state index in [1.54, 1.807) is 0 Å². The first-order valence-corrected chi connectivity index (χ1v) is 3.96. The molecule has 2 aromatic heterocycles.